The van der Waals surface area contributed by atoms with Gasteiger partial charge in [-0.05, 0) is 25.9 Å². The van der Waals surface area contributed by atoms with Crippen molar-refractivity contribution in [2.45, 2.75) is 32.7 Å². The molecule has 1 aliphatic rings. The van der Waals surface area contributed by atoms with Crippen molar-refractivity contribution < 1.29 is 14.6 Å². The van der Waals surface area contributed by atoms with E-state index in [1.54, 1.807) is 0 Å². The van der Waals surface area contributed by atoms with Gasteiger partial charge < -0.3 is 9.84 Å². The number of carboxylic acids is 1. The Kier molecular flexibility index (Phi) is 5.05. The first-order chi connectivity index (χ1) is 7.20. The predicted molar refractivity (Wildman–Crippen MR) is 57.9 cm³/mol. The van der Waals surface area contributed by atoms with Crippen LogP contribution in [0.2, 0.25) is 0 Å². The number of carbonyl (C=O) groups is 1. The molecule has 0 aromatic heterocycles. The molecule has 1 rings (SSSR count). The maximum Gasteiger partial charge on any atom is 0.310 e. The summed E-state index contributed by atoms with van der Waals surface area (Å²) in [5.74, 6) is -1.07. The van der Waals surface area contributed by atoms with Crippen molar-refractivity contribution in [2.75, 3.05) is 26.3 Å². The average Bonchev–Trinajstić information content (AvgIpc) is 2.65. The van der Waals surface area contributed by atoms with E-state index in [0.29, 0.717) is 13.2 Å². The van der Waals surface area contributed by atoms with E-state index in [4.69, 9.17) is 9.84 Å². The highest BCUT2D eigenvalue weighted by Crippen LogP contribution is 2.20. The van der Waals surface area contributed by atoms with Crippen LogP contribution in [0.15, 0.2) is 0 Å². The summed E-state index contributed by atoms with van der Waals surface area (Å²) in [6.45, 7) is 7.10. The number of nitrogens with zero attached hydrogens (tertiary/aromatic N) is 1. The van der Waals surface area contributed by atoms with E-state index < -0.39 is 5.97 Å². The molecule has 0 radical (unpaired) electrons. The fourth-order valence-corrected chi connectivity index (χ4v) is 2.16. The van der Waals surface area contributed by atoms with Crippen LogP contribution in [-0.4, -0.2) is 48.3 Å². The van der Waals surface area contributed by atoms with E-state index in [2.05, 4.69) is 18.7 Å². The van der Waals surface area contributed by atoms with Crippen molar-refractivity contribution in [1.82, 2.24) is 4.90 Å². The summed E-state index contributed by atoms with van der Waals surface area (Å²) < 4.78 is 5.28. The van der Waals surface area contributed by atoms with Crippen molar-refractivity contribution in [3.05, 3.63) is 0 Å². The number of rotatable bonds is 6. The molecule has 0 aliphatic carbocycles. The van der Waals surface area contributed by atoms with Crippen LogP contribution in [0.25, 0.3) is 0 Å². The second-order valence-corrected chi connectivity index (χ2v) is 4.09. The normalized spacial score (nSPS) is 26.1. The fraction of sp³-hybridized carbons (Fsp3) is 0.909. The van der Waals surface area contributed by atoms with Crippen molar-refractivity contribution in [2.24, 2.45) is 5.92 Å². The SMILES string of the molecule is CCCN(CCC)C1COCC1C(=O)O. The largest absolute Gasteiger partial charge is 0.481 e. The average molecular weight is 215 g/mol. The molecule has 88 valence electrons. The van der Waals surface area contributed by atoms with Crippen LogP contribution in [0.5, 0.6) is 0 Å². The third-order valence-corrected chi connectivity index (χ3v) is 2.86. The van der Waals surface area contributed by atoms with Gasteiger partial charge in [0.2, 0.25) is 0 Å². The Labute approximate surface area is 91.2 Å². The minimum atomic E-state index is -0.727. The van der Waals surface area contributed by atoms with Crippen molar-refractivity contribution >= 4 is 5.97 Å². The van der Waals surface area contributed by atoms with Gasteiger partial charge in [0.1, 0.15) is 0 Å². The molecule has 0 saturated carbocycles. The maximum atomic E-state index is 11.0. The molecule has 1 aliphatic heterocycles. The van der Waals surface area contributed by atoms with Crippen LogP contribution in [0.4, 0.5) is 0 Å². The van der Waals surface area contributed by atoms with Crippen LogP contribution in [0.1, 0.15) is 26.7 Å². The Morgan fingerprint density at radius 1 is 1.33 bits per heavy atom. The summed E-state index contributed by atoms with van der Waals surface area (Å²) in [7, 11) is 0. The molecule has 4 nitrogen and oxygen atoms in total. The quantitative estimate of drug-likeness (QED) is 0.723. The lowest BCUT2D eigenvalue weighted by molar-refractivity contribution is -0.143. The number of hydrogen-bond donors (Lipinski definition) is 1. The number of aliphatic carboxylic acids is 1. The maximum absolute atomic E-state index is 11.0. The van der Waals surface area contributed by atoms with Crippen molar-refractivity contribution in [3.8, 4) is 0 Å². The number of ether oxygens (including phenoxy) is 1. The van der Waals surface area contributed by atoms with Crippen molar-refractivity contribution in [1.29, 1.82) is 0 Å². The van der Waals surface area contributed by atoms with Crippen molar-refractivity contribution in [3.63, 3.8) is 0 Å². The molecule has 1 saturated heterocycles. The fourth-order valence-electron chi connectivity index (χ4n) is 2.16. The summed E-state index contributed by atoms with van der Waals surface area (Å²) in [6.07, 6.45) is 2.12. The molecule has 0 bridgehead atoms. The van der Waals surface area contributed by atoms with Gasteiger partial charge in [0.05, 0.1) is 19.1 Å². The monoisotopic (exact) mass is 215 g/mol. The standard InChI is InChI=1S/C11H21NO3/c1-3-5-12(6-4-2)10-8-15-7-9(10)11(13)14/h9-10H,3-8H2,1-2H3,(H,13,14). The zero-order chi connectivity index (χ0) is 11.3. The van der Waals surface area contributed by atoms with Gasteiger partial charge >= 0.3 is 5.97 Å². The molecule has 0 amide bonds. The summed E-state index contributed by atoms with van der Waals surface area (Å²) in [6, 6.07) is 0.0717. The molecule has 0 spiro atoms. The summed E-state index contributed by atoms with van der Waals surface area (Å²) in [5.41, 5.74) is 0. The van der Waals surface area contributed by atoms with Crippen LogP contribution in [0, 0.1) is 5.92 Å². The highest BCUT2D eigenvalue weighted by atomic mass is 16.5. The van der Waals surface area contributed by atoms with Gasteiger partial charge in [-0.1, -0.05) is 13.8 Å². The number of carboxylic acid groups (broad SMARTS) is 1. The van der Waals surface area contributed by atoms with Crippen LogP contribution < -0.4 is 0 Å². The second kappa shape index (κ2) is 6.08. The Bertz CT molecular complexity index is 202. The molecular weight excluding hydrogens is 194 g/mol. The van der Waals surface area contributed by atoms with E-state index >= 15 is 0 Å². The number of hydrogen-bond acceptors (Lipinski definition) is 3. The highest BCUT2D eigenvalue weighted by Gasteiger charge is 2.37. The first-order valence-electron chi connectivity index (χ1n) is 5.75. The molecule has 15 heavy (non-hydrogen) atoms. The third-order valence-electron chi connectivity index (χ3n) is 2.86. The first kappa shape index (κ1) is 12.5. The van der Waals surface area contributed by atoms with E-state index in [9.17, 15) is 4.79 Å². The van der Waals surface area contributed by atoms with Gasteiger partial charge in [0.25, 0.3) is 0 Å². The third kappa shape index (κ3) is 3.18. The van der Waals surface area contributed by atoms with E-state index in [0.717, 1.165) is 25.9 Å². The molecule has 0 aromatic carbocycles. The lowest BCUT2D eigenvalue weighted by Gasteiger charge is -2.29. The van der Waals surface area contributed by atoms with Gasteiger partial charge in [-0.2, -0.15) is 0 Å². The molecule has 1 N–H and O–H groups in total. The smallest absolute Gasteiger partial charge is 0.310 e. The first-order valence-corrected chi connectivity index (χ1v) is 5.75. The zero-order valence-corrected chi connectivity index (χ0v) is 9.61. The van der Waals surface area contributed by atoms with Crippen LogP contribution in [-0.2, 0) is 9.53 Å². The van der Waals surface area contributed by atoms with Gasteiger partial charge in [0, 0.05) is 6.04 Å². The molecule has 2 atom stereocenters. The molecular formula is C11H21NO3. The Morgan fingerprint density at radius 2 is 1.93 bits per heavy atom. The van der Waals surface area contributed by atoms with Gasteiger partial charge in [-0.25, -0.2) is 0 Å². The van der Waals surface area contributed by atoms with Gasteiger partial charge in [0.15, 0.2) is 0 Å². The molecule has 4 heteroatoms. The van der Waals surface area contributed by atoms with E-state index in [1.165, 1.54) is 0 Å². The summed E-state index contributed by atoms with van der Waals surface area (Å²) in [5, 5.41) is 9.06. The molecule has 0 aromatic rings. The van der Waals surface area contributed by atoms with Crippen LogP contribution in [0.3, 0.4) is 0 Å². The Hall–Kier alpha value is -0.610. The molecule has 2 unspecified atom stereocenters. The molecule has 1 heterocycles. The summed E-state index contributed by atoms with van der Waals surface area (Å²) >= 11 is 0. The molecule has 1 fully saturated rings. The van der Waals surface area contributed by atoms with E-state index in [-0.39, 0.29) is 12.0 Å². The Morgan fingerprint density at radius 3 is 2.40 bits per heavy atom. The predicted octanol–water partition coefficient (Wildman–Crippen LogP) is 1.21. The van der Waals surface area contributed by atoms with Crippen LogP contribution >= 0.6 is 0 Å². The highest BCUT2D eigenvalue weighted by molar-refractivity contribution is 5.71. The lowest BCUT2D eigenvalue weighted by atomic mass is 10.0. The topological polar surface area (TPSA) is 49.8 Å². The minimum Gasteiger partial charge on any atom is -0.481 e. The second-order valence-electron chi connectivity index (χ2n) is 4.09. The Balaban J connectivity index is 2.60. The zero-order valence-electron chi connectivity index (χ0n) is 9.61. The van der Waals surface area contributed by atoms with E-state index in [1.807, 2.05) is 0 Å². The van der Waals surface area contributed by atoms with Gasteiger partial charge in [-0.15, -0.1) is 0 Å². The summed E-state index contributed by atoms with van der Waals surface area (Å²) in [4.78, 5) is 13.3. The van der Waals surface area contributed by atoms with Gasteiger partial charge in [-0.3, -0.25) is 9.69 Å². The lowest BCUT2D eigenvalue weighted by Crippen LogP contribution is -2.43. The minimum absolute atomic E-state index is 0.0717.